The van der Waals surface area contributed by atoms with Gasteiger partial charge in [-0.1, -0.05) is 40.2 Å². The zero-order valence-electron chi connectivity index (χ0n) is 16.1. The Kier molecular flexibility index (Phi) is 6.11. The number of imide groups is 1. The van der Waals surface area contributed by atoms with Crippen LogP contribution in [-0.4, -0.2) is 29.2 Å². The highest BCUT2D eigenvalue weighted by Gasteiger charge is 2.35. The van der Waals surface area contributed by atoms with E-state index in [9.17, 15) is 9.59 Å². The van der Waals surface area contributed by atoms with Crippen molar-refractivity contribution < 1.29 is 18.7 Å². The van der Waals surface area contributed by atoms with Gasteiger partial charge in [-0.2, -0.15) is 0 Å². The molecular formula is C23H18BrNO4S. The Bertz CT molecular complexity index is 1120. The van der Waals surface area contributed by atoms with Gasteiger partial charge in [-0.25, -0.2) is 0 Å². The first kappa shape index (κ1) is 20.5. The molecule has 3 aromatic rings. The standard InChI is InChI=1S/C23H18BrNO4S/c1-15-3-2-4-18(13-15)28-12-11-25-22(26)21(30-23(25)27)14-19-9-10-20(29-19)16-5-7-17(24)8-6-16/h2-10,13-14H,11-12H2,1H3/b21-14-. The van der Waals surface area contributed by atoms with Gasteiger partial charge in [0.15, 0.2) is 0 Å². The number of hydrogen-bond acceptors (Lipinski definition) is 5. The number of hydrogen-bond donors (Lipinski definition) is 0. The van der Waals surface area contributed by atoms with Gasteiger partial charge in [0.25, 0.3) is 11.1 Å². The predicted octanol–water partition coefficient (Wildman–Crippen LogP) is 6.13. The molecule has 0 N–H and O–H groups in total. The van der Waals surface area contributed by atoms with Crippen molar-refractivity contribution in [2.24, 2.45) is 0 Å². The van der Waals surface area contributed by atoms with E-state index in [1.165, 1.54) is 4.90 Å². The van der Waals surface area contributed by atoms with Crippen molar-refractivity contribution >= 4 is 44.9 Å². The average Bonchev–Trinajstić information content (AvgIpc) is 3.29. The number of carbonyl (C=O) groups excluding carboxylic acids is 2. The molecule has 30 heavy (non-hydrogen) atoms. The highest BCUT2D eigenvalue weighted by atomic mass is 79.9. The zero-order valence-corrected chi connectivity index (χ0v) is 18.5. The first-order chi connectivity index (χ1) is 14.5. The molecule has 0 atom stereocenters. The number of benzene rings is 2. The molecule has 0 bridgehead atoms. The Balaban J connectivity index is 1.41. The summed E-state index contributed by atoms with van der Waals surface area (Å²) in [5.74, 6) is 1.60. The van der Waals surface area contributed by atoms with Crippen LogP contribution in [0.4, 0.5) is 4.79 Å². The Hall–Kier alpha value is -2.77. The summed E-state index contributed by atoms with van der Waals surface area (Å²) in [5.41, 5.74) is 2.02. The first-order valence-electron chi connectivity index (χ1n) is 9.30. The molecule has 2 amide bonds. The molecule has 0 aliphatic carbocycles. The molecule has 1 saturated heterocycles. The highest BCUT2D eigenvalue weighted by molar-refractivity contribution is 9.10. The maximum atomic E-state index is 12.6. The van der Waals surface area contributed by atoms with Crippen molar-refractivity contribution in [2.45, 2.75) is 6.92 Å². The molecule has 0 spiro atoms. The minimum atomic E-state index is -0.334. The Morgan fingerprint density at radius 2 is 1.90 bits per heavy atom. The Morgan fingerprint density at radius 3 is 2.67 bits per heavy atom. The number of amides is 2. The first-order valence-corrected chi connectivity index (χ1v) is 10.9. The van der Waals surface area contributed by atoms with Crippen LogP contribution < -0.4 is 4.74 Å². The zero-order chi connectivity index (χ0) is 21.1. The second kappa shape index (κ2) is 8.93. The van der Waals surface area contributed by atoms with Gasteiger partial charge in [0.1, 0.15) is 23.9 Å². The van der Waals surface area contributed by atoms with E-state index in [0.29, 0.717) is 22.2 Å². The number of halogens is 1. The summed E-state index contributed by atoms with van der Waals surface area (Å²) in [6, 6.07) is 19.0. The van der Waals surface area contributed by atoms with E-state index < -0.39 is 0 Å². The van der Waals surface area contributed by atoms with Gasteiger partial charge < -0.3 is 9.15 Å². The molecule has 0 unspecified atom stereocenters. The third-order valence-electron chi connectivity index (χ3n) is 4.48. The third-order valence-corrected chi connectivity index (χ3v) is 5.91. The highest BCUT2D eigenvalue weighted by Crippen LogP contribution is 2.33. The normalized spacial score (nSPS) is 15.3. The van der Waals surface area contributed by atoms with E-state index in [4.69, 9.17) is 9.15 Å². The number of furan rings is 1. The van der Waals surface area contributed by atoms with Crippen LogP contribution in [0.1, 0.15) is 11.3 Å². The van der Waals surface area contributed by atoms with E-state index in [0.717, 1.165) is 27.4 Å². The summed E-state index contributed by atoms with van der Waals surface area (Å²) in [7, 11) is 0. The minimum absolute atomic E-state index is 0.193. The molecule has 1 aliphatic rings. The molecule has 2 aromatic carbocycles. The number of ether oxygens (including phenoxy) is 1. The lowest BCUT2D eigenvalue weighted by Crippen LogP contribution is -2.32. The van der Waals surface area contributed by atoms with Gasteiger partial charge in [-0.15, -0.1) is 0 Å². The molecule has 2 heterocycles. The van der Waals surface area contributed by atoms with E-state index in [-0.39, 0.29) is 24.3 Å². The number of aryl methyl sites for hydroxylation is 1. The summed E-state index contributed by atoms with van der Waals surface area (Å²) in [4.78, 5) is 26.5. The molecule has 1 aromatic heterocycles. The second-order valence-corrected chi connectivity index (χ2v) is 8.62. The van der Waals surface area contributed by atoms with Crippen LogP contribution in [0.3, 0.4) is 0 Å². The number of thioether (sulfide) groups is 1. The van der Waals surface area contributed by atoms with Crippen molar-refractivity contribution in [2.75, 3.05) is 13.2 Å². The van der Waals surface area contributed by atoms with Gasteiger partial charge in [0, 0.05) is 16.1 Å². The molecule has 0 radical (unpaired) electrons. The van der Waals surface area contributed by atoms with E-state index in [2.05, 4.69) is 15.9 Å². The van der Waals surface area contributed by atoms with E-state index >= 15 is 0 Å². The van der Waals surface area contributed by atoms with Crippen molar-refractivity contribution in [3.63, 3.8) is 0 Å². The van der Waals surface area contributed by atoms with Gasteiger partial charge >= 0.3 is 0 Å². The SMILES string of the molecule is Cc1cccc(OCCN2C(=O)S/C(=C\c3ccc(-c4ccc(Br)cc4)o3)C2=O)c1. The van der Waals surface area contributed by atoms with Crippen molar-refractivity contribution in [3.8, 4) is 17.1 Å². The smallest absolute Gasteiger partial charge is 0.293 e. The summed E-state index contributed by atoms with van der Waals surface area (Å²) >= 11 is 4.32. The molecular weight excluding hydrogens is 466 g/mol. The summed E-state index contributed by atoms with van der Waals surface area (Å²) in [6.07, 6.45) is 1.61. The van der Waals surface area contributed by atoms with Crippen LogP contribution in [0, 0.1) is 6.92 Å². The topological polar surface area (TPSA) is 59.8 Å². The number of carbonyl (C=O) groups is 2. The lowest BCUT2D eigenvalue weighted by molar-refractivity contribution is -0.123. The molecule has 4 rings (SSSR count). The maximum Gasteiger partial charge on any atom is 0.293 e. The van der Waals surface area contributed by atoms with Crippen LogP contribution in [0.5, 0.6) is 5.75 Å². The van der Waals surface area contributed by atoms with Crippen molar-refractivity contribution in [1.82, 2.24) is 4.90 Å². The second-order valence-electron chi connectivity index (χ2n) is 6.71. The van der Waals surface area contributed by atoms with Crippen molar-refractivity contribution in [3.05, 3.63) is 81.4 Å². The predicted molar refractivity (Wildman–Crippen MR) is 121 cm³/mol. The molecule has 0 saturated carbocycles. The molecule has 7 heteroatoms. The van der Waals surface area contributed by atoms with Crippen molar-refractivity contribution in [1.29, 1.82) is 0 Å². The Labute approximate surface area is 186 Å². The molecule has 152 valence electrons. The monoisotopic (exact) mass is 483 g/mol. The lowest BCUT2D eigenvalue weighted by atomic mass is 10.2. The largest absolute Gasteiger partial charge is 0.492 e. The van der Waals surface area contributed by atoms with Gasteiger partial charge in [0.2, 0.25) is 0 Å². The fourth-order valence-corrected chi connectivity index (χ4v) is 4.09. The summed E-state index contributed by atoms with van der Waals surface area (Å²) < 4.78 is 12.5. The van der Waals surface area contributed by atoms with Crippen LogP contribution in [0.2, 0.25) is 0 Å². The van der Waals surface area contributed by atoms with E-state index in [1.54, 1.807) is 12.1 Å². The van der Waals surface area contributed by atoms with Gasteiger partial charge in [-0.3, -0.25) is 14.5 Å². The quantitative estimate of drug-likeness (QED) is 0.394. The fraction of sp³-hybridized carbons (Fsp3) is 0.130. The fourth-order valence-electron chi connectivity index (χ4n) is 2.98. The van der Waals surface area contributed by atoms with Crippen LogP contribution in [-0.2, 0) is 4.79 Å². The molecule has 5 nitrogen and oxygen atoms in total. The Morgan fingerprint density at radius 1 is 1.10 bits per heavy atom. The number of nitrogens with zero attached hydrogens (tertiary/aromatic N) is 1. The molecule has 1 fully saturated rings. The maximum absolute atomic E-state index is 12.6. The van der Waals surface area contributed by atoms with Crippen LogP contribution >= 0.6 is 27.7 Å². The number of rotatable bonds is 6. The van der Waals surface area contributed by atoms with Gasteiger partial charge in [-0.05, 0) is 60.6 Å². The van der Waals surface area contributed by atoms with E-state index in [1.807, 2.05) is 61.5 Å². The molecule has 1 aliphatic heterocycles. The van der Waals surface area contributed by atoms with Crippen LogP contribution in [0.25, 0.3) is 17.4 Å². The minimum Gasteiger partial charge on any atom is -0.492 e. The average molecular weight is 484 g/mol. The summed E-state index contributed by atoms with van der Waals surface area (Å²) in [5, 5.41) is -0.307. The third kappa shape index (κ3) is 4.68. The van der Waals surface area contributed by atoms with Gasteiger partial charge in [0.05, 0.1) is 11.4 Å². The lowest BCUT2D eigenvalue weighted by Gasteiger charge is -2.13. The van der Waals surface area contributed by atoms with Crippen LogP contribution in [0.15, 0.2) is 74.5 Å². The summed E-state index contributed by atoms with van der Waals surface area (Å²) in [6.45, 7) is 2.41.